The van der Waals surface area contributed by atoms with Crippen LogP contribution >= 0.6 is 0 Å². The van der Waals surface area contributed by atoms with Crippen LogP contribution in [-0.2, 0) is 0 Å². The van der Waals surface area contributed by atoms with Gasteiger partial charge in [-0.15, -0.1) is 0 Å². The molecule has 0 aliphatic rings. The Morgan fingerprint density at radius 3 is 0.357 bits per heavy atom. The molecular weight excluding hydrogens is 336 g/mol. The summed E-state index contributed by atoms with van der Waals surface area (Å²) in [4.78, 5) is 0. The van der Waals surface area contributed by atoms with Gasteiger partial charge in [-0.2, -0.15) is 0 Å². The van der Waals surface area contributed by atoms with Crippen molar-refractivity contribution in [3.63, 3.8) is 0 Å². The highest BCUT2D eigenvalue weighted by Crippen LogP contribution is 1.71. The lowest BCUT2D eigenvalue weighted by atomic mass is 10.5. The van der Waals surface area contributed by atoms with Gasteiger partial charge in [-0.3, -0.25) is 0 Å². The molecule has 0 aromatic carbocycles. The van der Waals surface area contributed by atoms with E-state index in [2.05, 4.69) is 0 Å². The maximum atomic E-state index is 2.00. The minimum Gasteiger partial charge on any atom is -0.0877 e. The summed E-state index contributed by atoms with van der Waals surface area (Å²) in [6.45, 7) is 44.0. The molecule has 0 aliphatic heterocycles. The van der Waals surface area contributed by atoms with Crippen molar-refractivity contribution in [3.05, 3.63) is 24.3 Å². The molecule has 190 valence electrons. The number of allylic oxidation sites excluding steroid dienone is 4. The Bertz CT molecular complexity index is 48.4. The highest BCUT2D eigenvalue weighted by atomic mass is 13.6. The number of hydrogen-bond donors (Lipinski definition) is 0. The van der Waals surface area contributed by atoms with E-state index in [0.29, 0.717) is 0 Å². The molecule has 0 atom stereocenters. The summed E-state index contributed by atoms with van der Waals surface area (Å²) in [6.07, 6.45) is 8.00. The van der Waals surface area contributed by atoms with Crippen molar-refractivity contribution in [2.75, 3.05) is 0 Å². The van der Waals surface area contributed by atoms with Gasteiger partial charge in [0.1, 0.15) is 0 Å². The van der Waals surface area contributed by atoms with E-state index < -0.39 is 0 Å². The van der Waals surface area contributed by atoms with Crippen molar-refractivity contribution in [1.82, 2.24) is 0 Å². The van der Waals surface area contributed by atoms with Crippen LogP contribution in [0, 0.1) is 0 Å². The van der Waals surface area contributed by atoms with Gasteiger partial charge in [0.2, 0.25) is 0 Å². The third-order valence-electron chi connectivity index (χ3n) is 0.496. The fourth-order valence-electron chi connectivity index (χ4n) is 0.222. The van der Waals surface area contributed by atoms with Gasteiger partial charge < -0.3 is 0 Å². The lowest BCUT2D eigenvalue weighted by Gasteiger charge is -1.62. The average molecular weight is 415 g/mol. The molecule has 0 rings (SSSR count). The highest BCUT2D eigenvalue weighted by molar-refractivity contribution is 4.98. The van der Waals surface area contributed by atoms with Crippen LogP contribution in [0.25, 0.3) is 0 Å². The zero-order valence-corrected chi connectivity index (χ0v) is 24.3. The maximum Gasteiger partial charge on any atom is -0.0467 e. The van der Waals surface area contributed by atoms with Crippen LogP contribution in [0.2, 0.25) is 0 Å². The van der Waals surface area contributed by atoms with Crippen molar-refractivity contribution in [1.29, 1.82) is 0 Å². The van der Waals surface area contributed by atoms with E-state index in [1.807, 2.05) is 177 Å². The summed E-state index contributed by atoms with van der Waals surface area (Å²) in [6, 6.07) is 0. The normalized spacial score (nSPS) is 4.64. The number of hydrogen-bond acceptors (Lipinski definition) is 0. The summed E-state index contributed by atoms with van der Waals surface area (Å²) in [5, 5.41) is 0. The van der Waals surface area contributed by atoms with Gasteiger partial charge in [-0.1, -0.05) is 178 Å². The van der Waals surface area contributed by atoms with E-state index >= 15 is 0 Å². The van der Waals surface area contributed by atoms with Crippen molar-refractivity contribution in [2.24, 2.45) is 0 Å². The Morgan fingerprint density at radius 1 is 0.250 bits per heavy atom. The maximum absolute atomic E-state index is 2.00. The Hall–Kier alpha value is -0.520. The molecule has 0 amide bonds. The molecular formula is C28H78. The first kappa shape index (κ1) is 91.9. The summed E-state index contributed by atoms with van der Waals surface area (Å²) >= 11 is 0. The average Bonchev–Trinajstić information content (AvgIpc) is 2.85. The zero-order valence-electron chi connectivity index (χ0n) is 24.3. The minimum absolute atomic E-state index is 0. The Morgan fingerprint density at radius 2 is 0.321 bits per heavy atom. The molecule has 0 spiro atoms. The van der Waals surface area contributed by atoms with Crippen LogP contribution in [0.5, 0.6) is 0 Å². The fraction of sp³-hybridized carbons (Fsp3) is 0.857. The van der Waals surface area contributed by atoms with Gasteiger partial charge in [-0.05, 0) is 13.8 Å². The third-order valence-corrected chi connectivity index (χ3v) is 0.496. The van der Waals surface area contributed by atoms with E-state index in [0.717, 1.165) is 0 Å². The van der Waals surface area contributed by atoms with Gasteiger partial charge in [0.15, 0.2) is 0 Å². The first-order valence-electron chi connectivity index (χ1n) is 12.2. The first-order valence-corrected chi connectivity index (χ1v) is 12.2. The monoisotopic (exact) mass is 415 g/mol. The predicted molar refractivity (Wildman–Crippen MR) is 157 cm³/mol. The van der Waals surface area contributed by atoms with Crippen LogP contribution in [0.1, 0.15) is 167 Å². The van der Waals surface area contributed by atoms with E-state index in [-0.39, 0.29) is 14.9 Å². The fourth-order valence-corrected chi connectivity index (χ4v) is 0.222. The van der Waals surface area contributed by atoms with Gasteiger partial charge in [0.25, 0.3) is 0 Å². The second kappa shape index (κ2) is 1420. The topological polar surface area (TPSA) is 0 Å². The first-order chi connectivity index (χ1) is 12.9. The molecule has 0 aromatic rings. The molecule has 0 heteroatoms. The second-order valence-electron chi connectivity index (χ2n) is 1.05. The molecule has 0 radical (unpaired) electrons. The molecule has 0 aromatic heterocycles. The van der Waals surface area contributed by atoms with Crippen molar-refractivity contribution in [2.45, 2.75) is 167 Å². The van der Waals surface area contributed by atoms with Gasteiger partial charge in [-0.25, -0.2) is 0 Å². The standard InChI is InChI=1S/C6H10.10C2H6.2CH4/c1-3-5-6-4-2;10*1-2;;/h3-6H,1-2H3;10*1-2H3;2*1H4/b5-3+,6-4+;;;;;;;;;;;;. The molecule has 0 bridgehead atoms. The van der Waals surface area contributed by atoms with E-state index in [9.17, 15) is 0 Å². The third kappa shape index (κ3) is 2480. The molecule has 0 saturated carbocycles. The van der Waals surface area contributed by atoms with Crippen molar-refractivity contribution >= 4 is 0 Å². The van der Waals surface area contributed by atoms with Crippen LogP contribution in [0.15, 0.2) is 24.3 Å². The van der Waals surface area contributed by atoms with Crippen molar-refractivity contribution in [3.8, 4) is 0 Å². The Kier molecular flexibility index (Phi) is 4660. The molecule has 0 saturated heterocycles. The number of rotatable bonds is 1. The van der Waals surface area contributed by atoms with E-state index in [1.54, 1.807) is 0 Å². The largest absolute Gasteiger partial charge is 0.0877 e. The molecule has 28 heavy (non-hydrogen) atoms. The molecule has 0 fully saturated rings. The van der Waals surface area contributed by atoms with Crippen LogP contribution in [0.3, 0.4) is 0 Å². The van der Waals surface area contributed by atoms with Crippen molar-refractivity contribution < 1.29 is 0 Å². The molecule has 0 heterocycles. The smallest absolute Gasteiger partial charge is 0.0467 e. The Balaban J connectivity index is -0.00000000834. The minimum atomic E-state index is 0. The van der Waals surface area contributed by atoms with Gasteiger partial charge in [0.05, 0.1) is 0 Å². The molecule has 0 unspecified atom stereocenters. The summed E-state index contributed by atoms with van der Waals surface area (Å²) in [5.74, 6) is 0. The zero-order chi connectivity index (χ0) is 24.8. The lowest BCUT2D eigenvalue weighted by molar-refractivity contribution is 1.50. The molecule has 0 N–H and O–H groups in total. The quantitative estimate of drug-likeness (QED) is 0.374. The summed E-state index contributed by atoms with van der Waals surface area (Å²) in [5.41, 5.74) is 0. The van der Waals surface area contributed by atoms with E-state index in [4.69, 9.17) is 0 Å². The predicted octanol–water partition coefficient (Wildman–Crippen LogP) is 13.7. The second-order valence-corrected chi connectivity index (χ2v) is 1.05. The summed E-state index contributed by atoms with van der Waals surface area (Å²) in [7, 11) is 0. The van der Waals surface area contributed by atoms with Gasteiger partial charge >= 0.3 is 0 Å². The van der Waals surface area contributed by atoms with Crippen LogP contribution < -0.4 is 0 Å². The lowest BCUT2D eigenvalue weighted by Crippen LogP contribution is -1.40. The highest BCUT2D eigenvalue weighted by Gasteiger charge is 1.48. The summed E-state index contributed by atoms with van der Waals surface area (Å²) < 4.78 is 0. The Labute approximate surface area is 191 Å². The van der Waals surface area contributed by atoms with Gasteiger partial charge in [0, 0.05) is 0 Å². The SMILES string of the molecule is C.C.C/C=C/C=C/C.CC.CC.CC.CC.CC.CC.CC.CC.CC.CC. The molecule has 0 aliphatic carbocycles. The van der Waals surface area contributed by atoms with Crippen LogP contribution in [0.4, 0.5) is 0 Å². The molecule has 0 nitrogen and oxygen atoms in total. The van der Waals surface area contributed by atoms with E-state index in [1.165, 1.54) is 0 Å². The van der Waals surface area contributed by atoms with Crippen LogP contribution in [-0.4, -0.2) is 0 Å².